The van der Waals surface area contributed by atoms with Crippen LogP contribution in [-0.2, 0) is 6.42 Å². The maximum atomic E-state index is 6.05. The highest BCUT2D eigenvalue weighted by atomic mass is 35.5. The Kier molecular flexibility index (Phi) is 2.78. The summed E-state index contributed by atoms with van der Waals surface area (Å²) in [6.07, 6.45) is 1.06. The lowest BCUT2D eigenvalue weighted by Gasteiger charge is -2.06. The van der Waals surface area contributed by atoms with Gasteiger partial charge in [0.15, 0.2) is 0 Å². The van der Waals surface area contributed by atoms with Crippen molar-refractivity contribution in [3.05, 3.63) is 40.5 Å². The average molecular weight is 262 g/mol. The van der Waals surface area contributed by atoms with Crippen LogP contribution in [0.15, 0.2) is 24.3 Å². The van der Waals surface area contributed by atoms with Crippen molar-refractivity contribution in [3.8, 4) is 5.69 Å². The number of nitrogens with zero attached hydrogens (tertiary/aromatic N) is 2. The lowest BCUT2D eigenvalue weighted by molar-refractivity contribution is 0.756. The number of rotatable bonds is 2. The van der Waals surface area contributed by atoms with Crippen molar-refractivity contribution >= 4 is 17.4 Å². The van der Waals surface area contributed by atoms with E-state index < -0.39 is 0 Å². The van der Waals surface area contributed by atoms with Crippen molar-refractivity contribution in [1.29, 1.82) is 0 Å². The van der Waals surface area contributed by atoms with Gasteiger partial charge in [-0.25, -0.2) is 4.68 Å². The molecule has 4 heteroatoms. The predicted molar refractivity (Wildman–Crippen MR) is 74.9 cm³/mol. The number of halogens is 1. The van der Waals surface area contributed by atoms with E-state index in [1.807, 2.05) is 28.9 Å². The Morgan fingerprint density at radius 3 is 2.94 bits per heavy atom. The van der Waals surface area contributed by atoms with Crippen molar-refractivity contribution in [2.45, 2.75) is 26.2 Å². The van der Waals surface area contributed by atoms with Gasteiger partial charge < -0.3 is 5.32 Å². The lowest BCUT2D eigenvalue weighted by atomic mass is 10.1. The number of aromatic nitrogens is 2. The first-order valence-electron chi connectivity index (χ1n) is 6.28. The maximum Gasteiger partial charge on any atom is 0.133 e. The molecule has 0 bridgehead atoms. The highest BCUT2D eigenvalue weighted by Gasteiger charge is 2.24. The van der Waals surface area contributed by atoms with Crippen LogP contribution in [0.1, 0.15) is 31.0 Å². The largest absolute Gasteiger partial charge is 0.369 e. The van der Waals surface area contributed by atoms with Gasteiger partial charge in [-0.1, -0.05) is 31.5 Å². The summed E-state index contributed by atoms with van der Waals surface area (Å²) < 4.78 is 1.98. The van der Waals surface area contributed by atoms with E-state index in [4.69, 9.17) is 16.7 Å². The summed E-state index contributed by atoms with van der Waals surface area (Å²) in [6, 6.07) is 7.81. The molecule has 2 heterocycles. The van der Waals surface area contributed by atoms with Crippen LogP contribution in [0.2, 0.25) is 5.02 Å². The normalized spacial score (nSPS) is 13.8. The van der Waals surface area contributed by atoms with Crippen LogP contribution in [0.4, 0.5) is 5.82 Å². The van der Waals surface area contributed by atoms with Gasteiger partial charge in [-0.15, -0.1) is 0 Å². The maximum absolute atomic E-state index is 6.05. The molecule has 1 N–H and O–H groups in total. The zero-order chi connectivity index (χ0) is 12.7. The molecule has 3 nitrogen and oxygen atoms in total. The standard InChI is InChI=1S/C14H16ClN3/c1-9(2)13-12-6-7-16-14(12)18(17-13)11-5-3-4-10(15)8-11/h3-5,8-9,16H,6-7H2,1-2H3. The predicted octanol–water partition coefficient (Wildman–Crippen LogP) is 3.62. The van der Waals surface area contributed by atoms with Crippen molar-refractivity contribution in [3.63, 3.8) is 0 Å². The van der Waals surface area contributed by atoms with Gasteiger partial charge in [-0.3, -0.25) is 0 Å². The van der Waals surface area contributed by atoms with E-state index >= 15 is 0 Å². The number of anilines is 1. The van der Waals surface area contributed by atoms with E-state index in [1.54, 1.807) is 0 Å². The van der Waals surface area contributed by atoms with Gasteiger partial charge >= 0.3 is 0 Å². The molecule has 2 aromatic rings. The zero-order valence-electron chi connectivity index (χ0n) is 10.6. The fraction of sp³-hybridized carbons (Fsp3) is 0.357. The monoisotopic (exact) mass is 261 g/mol. The second-order valence-corrected chi connectivity index (χ2v) is 5.37. The van der Waals surface area contributed by atoms with Crippen LogP contribution in [0.5, 0.6) is 0 Å². The van der Waals surface area contributed by atoms with Gasteiger partial charge in [0.2, 0.25) is 0 Å². The van der Waals surface area contributed by atoms with E-state index in [9.17, 15) is 0 Å². The van der Waals surface area contributed by atoms with Crippen molar-refractivity contribution < 1.29 is 0 Å². The highest BCUT2D eigenvalue weighted by molar-refractivity contribution is 6.30. The number of hydrogen-bond donors (Lipinski definition) is 1. The highest BCUT2D eigenvalue weighted by Crippen LogP contribution is 2.32. The minimum Gasteiger partial charge on any atom is -0.369 e. The van der Waals surface area contributed by atoms with E-state index in [0.717, 1.165) is 29.5 Å². The third-order valence-corrected chi connectivity index (χ3v) is 3.52. The molecule has 94 valence electrons. The van der Waals surface area contributed by atoms with Gasteiger partial charge in [0.25, 0.3) is 0 Å². The first-order chi connectivity index (χ1) is 8.66. The molecule has 18 heavy (non-hydrogen) atoms. The third-order valence-electron chi connectivity index (χ3n) is 3.28. The zero-order valence-corrected chi connectivity index (χ0v) is 11.3. The Hall–Kier alpha value is -1.48. The van der Waals surface area contributed by atoms with Crippen LogP contribution in [0.25, 0.3) is 5.69 Å². The Morgan fingerprint density at radius 2 is 2.22 bits per heavy atom. The lowest BCUT2D eigenvalue weighted by Crippen LogP contribution is -2.05. The van der Waals surface area contributed by atoms with Gasteiger partial charge in [0.05, 0.1) is 11.4 Å². The van der Waals surface area contributed by atoms with E-state index in [-0.39, 0.29) is 0 Å². The van der Waals surface area contributed by atoms with Crippen molar-refractivity contribution in [1.82, 2.24) is 9.78 Å². The summed E-state index contributed by atoms with van der Waals surface area (Å²) in [6.45, 7) is 5.36. The van der Waals surface area contributed by atoms with E-state index in [2.05, 4.69) is 19.2 Å². The molecule has 0 unspecified atom stereocenters. The van der Waals surface area contributed by atoms with Crippen LogP contribution in [-0.4, -0.2) is 16.3 Å². The second-order valence-electron chi connectivity index (χ2n) is 4.94. The first kappa shape index (κ1) is 11.6. The molecular formula is C14H16ClN3. The second kappa shape index (κ2) is 4.32. The van der Waals surface area contributed by atoms with E-state index in [0.29, 0.717) is 5.92 Å². The molecule has 0 spiro atoms. The molecule has 0 saturated carbocycles. The van der Waals surface area contributed by atoms with Gasteiger partial charge in [0, 0.05) is 17.1 Å². The summed E-state index contributed by atoms with van der Waals surface area (Å²) in [7, 11) is 0. The Balaban J connectivity index is 2.16. The van der Waals surface area contributed by atoms with Crippen molar-refractivity contribution in [2.24, 2.45) is 0 Å². The number of fused-ring (bicyclic) bond motifs is 1. The molecule has 0 aliphatic carbocycles. The SMILES string of the molecule is CC(C)c1nn(-c2cccc(Cl)c2)c2c1CCN2. The quantitative estimate of drug-likeness (QED) is 0.895. The third kappa shape index (κ3) is 1.79. The molecule has 0 saturated heterocycles. The van der Waals surface area contributed by atoms with Crippen molar-refractivity contribution in [2.75, 3.05) is 11.9 Å². The molecule has 0 fully saturated rings. The minimum absolute atomic E-state index is 0.444. The molecule has 0 radical (unpaired) electrons. The molecule has 1 aliphatic rings. The molecule has 0 atom stereocenters. The summed E-state index contributed by atoms with van der Waals surface area (Å²) in [5, 5.41) is 8.89. The van der Waals surface area contributed by atoms with Gasteiger partial charge in [-0.05, 0) is 30.5 Å². The fourth-order valence-corrected chi connectivity index (χ4v) is 2.64. The molecule has 1 aliphatic heterocycles. The number of nitrogens with one attached hydrogen (secondary N) is 1. The topological polar surface area (TPSA) is 29.9 Å². The first-order valence-corrected chi connectivity index (χ1v) is 6.66. The van der Waals surface area contributed by atoms with Crippen LogP contribution in [0.3, 0.4) is 0 Å². The summed E-state index contributed by atoms with van der Waals surface area (Å²) >= 11 is 6.05. The van der Waals surface area contributed by atoms with Crippen LogP contribution >= 0.6 is 11.6 Å². The summed E-state index contributed by atoms with van der Waals surface area (Å²) in [4.78, 5) is 0. The molecule has 1 aromatic carbocycles. The fourth-order valence-electron chi connectivity index (χ4n) is 2.46. The Morgan fingerprint density at radius 1 is 1.39 bits per heavy atom. The summed E-state index contributed by atoms with van der Waals surface area (Å²) in [5.74, 6) is 1.57. The molecule has 1 aromatic heterocycles. The number of hydrogen-bond acceptors (Lipinski definition) is 2. The van der Waals surface area contributed by atoms with Gasteiger partial charge in [-0.2, -0.15) is 5.10 Å². The van der Waals surface area contributed by atoms with Crippen LogP contribution in [0, 0.1) is 0 Å². The van der Waals surface area contributed by atoms with Crippen LogP contribution < -0.4 is 5.32 Å². The molecule has 3 rings (SSSR count). The van der Waals surface area contributed by atoms with E-state index in [1.165, 1.54) is 11.3 Å². The molecular weight excluding hydrogens is 246 g/mol. The Bertz CT molecular complexity index is 587. The average Bonchev–Trinajstić information content (AvgIpc) is 2.88. The van der Waals surface area contributed by atoms with Gasteiger partial charge in [0.1, 0.15) is 5.82 Å². The Labute approximate surface area is 112 Å². The molecule has 0 amide bonds. The smallest absolute Gasteiger partial charge is 0.133 e. The minimum atomic E-state index is 0.444. The summed E-state index contributed by atoms with van der Waals surface area (Å²) in [5.41, 5.74) is 3.56. The number of benzene rings is 1.